The molecule has 0 spiro atoms. The molecule has 0 radical (unpaired) electrons. The van der Waals surface area contributed by atoms with Gasteiger partial charge in [0.15, 0.2) is 6.10 Å². The van der Waals surface area contributed by atoms with Gasteiger partial charge in [-0.1, -0.05) is 187 Å². The molecule has 7 unspecified atom stereocenters. The molecule has 3 heterocycles. The molecule has 0 aliphatic carbocycles. The van der Waals surface area contributed by atoms with Crippen LogP contribution in [-0.2, 0) is 74.0 Å². The zero-order valence-corrected chi connectivity index (χ0v) is 53.9. The highest BCUT2D eigenvalue weighted by Crippen LogP contribution is 2.32. The lowest BCUT2D eigenvalue weighted by Crippen LogP contribution is -2.65. The molecule has 7 atom stereocenters. The molecule has 20 nitrogen and oxygen atoms in total. The summed E-state index contributed by atoms with van der Waals surface area (Å²) in [6.07, 6.45) is 0.277. The minimum Gasteiger partial charge on any atom is -0.448 e. The molecule has 2 amide bonds. The fourth-order valence-corrected chi connectivity index (χ4v) is 12.1. The molecule has 6 aromatic rings. The number of aliphatic hydroxyl groups excluding tert-OH is 1. The van der Waals surface area contributed by atoms with Crippen molar-refractivity contribution >= 4 is 57.0 Å². The van der Waals surface area contributed by atoms with Crippen LogP contribution in [0, 0.1) is 5.41 Å². The summed E-state index contributed by atoms with van der Waals surface area (Å²) in [7, 11) is 3.29. The summed E-state index contributed by atoms with van der Waals surface area (Å²) in [4.78, 5) is 72.6. The van der Waals surface area contributed by atoms with Gasteiger partial charge in [-0.25, -0.2) is 14.4 Å². The topological polar surface area (TPSA) is 244 Å². The molecule has 2 fully saturated rings. The van der Waals surface area contributed by atoms with Gasteiger partial charge < -0.3 is 58.4 Å². The lowest BCUT2D eigenvalue weighted by Gasteiger charge is -2.48. The van der Waals surface area contributed by atoms with E-state index in [1.165, 1.54) is 42.5 Å². The van der Waals surface area contributed by atoms with Gasteiger partial charge in [0.05, 0.1) is 71.5 Å². The standard InChI is InChI=1S/C71H81N5O15S2/c1-71(2,49-77)65(91-69(81)55-29-16-17-31-58(55)89-68(80)54-28-15-18-32-59(54)90-70(82)56-30-19-34-72-56)66(79)74-35-33-62(78)73-36-40-92-93-41-37-75-67-61(88-67)48-83-39-38-76-42-60(85-44-51-22-9-4-10-23-51)64(87-46-53-26-13-6-14-27-53)63(86-45-52-24-11-5-12-25-52)57(76)47-84-43-50-20-7-3-8-21-50/h3-32,57,60-61,63-65,67,75,77H,33-49H2,1-2H3,(H,73,78)(H,74,79). The van der Waals surface area contributed by atoms with Gasteiger partial charge in [0.1, 0.15) is 52.9 Å². The van der Waals surface area contributed by atoms with Gasteiger partial charge in [0.2, 0.25) is 5.91 Å². The Kier molecular flexibility index (Phi) is 27.6. The van der Waals surface area contributed by atoms with Gasteiger partial charge in [-0.2, -0.15) is 0 Å². The minimum absolute atomic E-state index is 0.0517. The first-order valence-electron chi connectivity index (χ1n) is 31.2. The molecule has 93 heavy (non-hydrogen) atoms. The Balaban J connectivity index is 0.682. The first-order valence-corrected chi connectivity index (χ1v) is 33.6. The van der Waals surface area contributed by atoms with E-state index in [1.807, 2.05) is 72.8 Å². The highest BCUT2D eigenvalue weighted by molar-refractivity contribution is 8.76. The number of likely N-dealkylation sites (tertiary alicyclic amines) is 1. The third kappa shape index (κ3) is 22.0. The fraction of sp³-hybridized carbons (Fsp3) is 0.380. The summed E-state index contributed by atoms with van der Waals surface area (Å²) in [6.45, 7) is 8.02. The van der Waals surface area contributed by atoms with Crippen molar-refractivity contribution < 1.29 is 71.7 Å². The first-order chi connectivity index (χ1) is 45.4. The number of ether oxygens (including phenoxy) is 9. The van der Waals surface area contributed by atoms with E-state index < -0.39 is 54.1 Å². The van der Waals surface area contributed by atoms with E-state index in [1.54, 1.807) is 53.6 Å². The monoisotopic (exact) mass is 1310 g/mol. The number of para-hydroxylation sites is 2. The van der Waals surface area contributed by atoms with Crippen LogP contribution in [0.15, 0.2) is 187 Å². The van der Waals surface area contributed by atoms with E-state index in [-0.39, 0.29) is 71.7 Å². The number of carbonyl (C=O) groups excluding carboxylic acids is 5. The number of nitrogens with one attached hydrogen (secondary N) is 3. The Morgan fingerprint density at radius 1 is 0.624 bits per heavy atom. The lowest BCUT2D eigenvalue weighted by molar-refractivity contribution is -0.211. The number of nitrogens with zero attached hydrogens (tertiary/aromatic N) is 2. The first kappa shape index (κ1) is 69.8. The second-order valence-corrected chi connectivity index (χ2v) is 25.6. The Hall–Kier alpha value is -7.58. The molecule has 3 aliphatic rings. The molecular weight excluding hydrogens is 1230 g/mol. The van der Waals surface area contributed by atoms with Crippen LogP contribution in [0.4, 0.5) is 0 Å². The van der Waals surface area contributed by atoms with Gasteiger partial charge >= 0.3 is 17.9 Å². The number of hydrogen-bond donors (Lipinski definition) is 4. The predicted octanol–water partition coefficient (Wildman–Crippen LogP) is 8.36. The number of epoxide rings is 1. The zero-order chi connectivity index (χ0) is 65.0. The maximum Gasteiger partial charge on any atom is 0.361 e. The van der Waals surface area contributed by atoms with E-state index in [9.17, 15) is 29.1 Å². The smallest absolute Gasteiger partial charge is 0.361 e. The fourth-order valence-electron chi connectivity index (χ4n) is 10.3. The highest BCUT2D eigenvalue weighted by Gasteiger charge is 2.47. The molecule has 492 valence electrons. The molecule has 0 bridgehead atoms. The van der Waals surface area contributed by atoms with Crippen molar-refractivity contribution in [2.75, 3.05) is 77.2 Å². The summed E-state index contributed by atoms with van der Waals surface area (Å²) in [5, 5.41) is 19.2. The van der Waals surface area contributed by atoms with Crippen LogP contribution in [0.2, 0.25) is 0 Å². The van der Waals surface area contributed by atoms with Crippen LogP contribution >= 0.6 is 21.6 Å². The SMILES string of the molecule is CC(C)(CO)C(OC(=O)c1ccccc1OC(=O)c1ccccc1OC(=O)C1=NCC=C1)C(=O)NCCC(=O)NCCSSCCNC1OC1COCCN1CC(OCc2ccccc2)C(OCc2ccccc2)C(OCc2ccccc2)C1COCc1ccccc1. The zero-order valence-electron chi connectivity index (χ0n) is 52.3. The normalized spacial score (nSPS) is 18.8. The molecular formula is C71H81N5O15S2. The van der Waals surface area contributed by atoms with E-state index >= 15 is 0 Å². The second-order valence-electron chi connectivity index (χ2n) is 22.9. The number of hydrogen-bond acceptors (Lipinski definition) is 20. The Morgan fingerprint density at radius 2 is 1.17 bits per heavy atom. The molecule has 9 rings (SSSR count). The largest absolute Gasteiger partial charge is 0.448 e. The second kappa shape index (κ2) is 36.8. The van der Waals surface area contributed by atoms with Crippen LogP contribution in [0.25, 0.3) is 0 Å². The van der Waals surface area contributed by atoms with Crippen molar-refractivity contribution in [1.82, 2.24) is 20.9 Å². The van der Waals surface area contributed by atoms with E-state index in [4.69, 9.17) is 42.6 Å². The number of carbonyl (C=O) groups is 5. The van der Waals surface area contributed by atoms with Crippen molar-refractivity contribution in [2.24, 2.45) is 10.4 Å². The molecule has 0 saturated carbocycles. The minimum atomic E-state index is -1.51. The molecule has 6 aromatic carbocycles. The Morgan fingerprint density at radius 3 is 1.77 bits per heavy atom. The van der Waals surface area contributed by atoms with Crippen LogP contribution in [0.3, 0.4) is 0 Å². The predicted molar refractivity (Wildman–Crippen MR) is 355 cm³/mol. The van der Waals surface area contributed by atoms with Crippen LogP contribution in [0.1, 0.15) is 63.2 Å². The number of aliphatic hydroxyl groups is 1. The molecule has 2 saturated heterocycles. The van der Waals surface area contributed by atoms with Gasteiger partial charge in [-0.05, 0) is 52.6 Å². The summed E-state index contributed by atoms with van der Waals surface area (Å²) < 4.78 is 56.2. The summed E-state index contributed by atoms with van der Waals surface area (Å²) in [6, 6.07) is 52.2. The van der Waals surface area contributed by atoms with Gasteiger partial charge in [-0.15, -0.1) is 0 Å². The highest BCUT2D eigenvalue weighted by atomic mass is 33.1. The Labute approximate surface area is 550 Å². The summed E-state index contributed by atoms with van der Waals surface area (Å²) >= 11 is 0. The van der Waals surface area contributed by atoms with E-state index in [0.29, 0.717) is 84.7 Å². The van der Waals surface area contributed by atoms with Crippen molar-refractivity contribution in [1.29, 1.82) is 0 Å². The number of amides is 2. The Bertz CT molecular complexity index is 3390. The molecule has 0 aromatic heterocycles. The maximum atomic E-state index is 13.7. The molecule has 4 N–H and O–H groups in total. The third-order valence-electron chi connectivity index (χ3n) is 15.4. The summed E-state index contributed by atoms with van der Waals surface area (Å²) in [5.41, 5.74) is 2.83. The molecule has 3 aliphatic heterocycles. The van der Waals surface area contributed by atoms with Gasteiger partial charge in [0.25, 0.3) is 5.91 Å². The van der Waals surface area contributed by atoms with Crippen molar-refractivity contribution in [2.45, 2.75) is 89.5 Å². The van der Waals surface area contributed by atoms with Crippen molar-refractivity contribution in [3.05, 3.63) is 215 Å². The van der Waals surface area contributed by atoms with Gasteiger partial charge in [0, 0.05) is 56.1 Å². The average Bonchev–Trinajstić information content (AvgIpc) is 1.53. The van der Waals surface area contributed by atoms with Crippen molar-refractivity contribution in [3.8, 4) is 11.5 Å². The third-order valence-corrected chi connectivity index (χ3v) is 17.9. The lowest BCUT2D eigenvalue weighted by atomic mass is 9.86. The van der Waals surface area contributed by atoms with Gasteiger partial charge in [-0.3, -0.25) is 24.8 Å². The van der Waals surface area contributed by atoms with Crippen LogP contribution < -0.4 is 25.4 Å². The average molecular weight is 1310 g/mol. The molecule has 22 heteroatoms. The van der Waals surface area contributed by atoms with E-state index in [0.717, 1.165) is 28.0 Å². The number of esters is 3. The van der Waals surface area contributed by atoms with Crippen molar-refractivity contribution in [3.63, 3.8) is 0 Å². The van der Waals surface area contributed by atoms with E-state index in [2.05, 4.69) is 74.4 Å². The number of aliphatic imine (C=N–C) groups is 1. The summed E-state index contributed by atoms with van der Waals surface area (Å²) in [5.74, 6) is -2.55. The number of benzene rings is 6. The number of piperidine rings is 1. The maximum absolute atomic E-state index is 13.7. The van der Waals surface area contributed by atoms with Crippen LogP contribution in [0.5, 0.6) is 11.5 Å². The quantitative estimate of drug-likeness (QED) is 0.00935. The number of rotatable bonds is 38. The van der Waals surface area contributed by atoms with Crippen LogP contribution in [-0.4, -0.2) is 165 Å².